The maximum absolute atomic E-state index is 16.4. The summed E-state index contributed by atoms with van der Waals surface area (Å²) >= 11 is 0. The van der Waals surface area contributed by atoms with Gasteiger partial charge in [-0.15, -0.1) is 0 Å². The monoisotopic (exact) mass is 587 g/mol. The number of rotatable bonds is 3. The number of nitrogens with one attached hydrogen (secondary N) is 5. The molecule has 12 heteroatoms. The Bertz CT molecular complexity index is 1050. The van der Waals surface area contributed by atoms with Crippen molar-refractivity contribution in [3.8, 4) is 0 Å². The highest BCUT2D eigenvalue weighted by Gasteiger charge is 2.56. The Labute approximate surface area is 249 Å². The molecule has 3 amide bonds. The van der Waals surface area contributed by atoms with E-state index in [2.05, 4.69) is 74.3 Å². The minimum absolute atomic E-state index is 0.0172. The molecule has 6 aliphatic heterocycles. The normalized spacial score (nSPS) is 44.0. The predicted octanol–water partition coefficient (Wildman–Crippen LogP) is 0.743. The summed E-state index contributed by atoms with van der Waals surface area (Å²) in [7, 11) is 0. The molecule has 0 aliphatic carbocycles. The second-order valence-electron chi connectivity index (χ2n) is 13.6. The molecule has 0 aromatic rings. The van der Waals surface area contributed by atoms with Crippen LogP contribution in [0, 0.1) is 17.8 Å². The number of carbonyl (C=O) groups excluding carboxylic acids is 2. The molecule has 2 bridgehead atoms. The van der Waals surface area contributed by atoms with Crippen LogP contribution >= 0.6 is 0 Å². The SMILES string of the molecule is C=CC(=O)N1C(C)CN(C2NC(=O)N3C4NC(C(F)CC24)C2CNNN2C/C=C\CC2CCNC(C(C)C)C23)CC1C. The summed E-state index contributed by atoms with van der Waals surface area (Å²) in [5, 5.41) is 13.0. The third-order valence-corrected chi connectivity index (χ3v) is 10.7. The van der Waals surface area contributed by atoms with E-state index in [1.807, 2.05) is 18.7 Å². The Morgan fingerprint density at radius 2 is 1.93 bits per heavy atom. The number of hydrazine groups is 2. The summed E-state index contributed by atoms with van der Waals surface area (Å²) in [6.45, 7) is 15.7. The van der Waals surface area contributed by atoms with Crippen LogP contribution in [0.15, 0.2) is 24.8 Å². The molecule has 42 heavy (non-hydrogen) atoms. The molecule has 5 saturated heterocycles. The number of allylic oxidation sites excluding steroid dienone is 1. The van der Waals surface area contributed by atoms with Gasteiger partial charge in [-0.25, -0.2) is 19.6 Å². The van der Waals surface area contributed by atoms with E-state index in [0.717, 1.165) is 19.4 Å². The van der Waals surface area contributed by atoms with Gasteiger partial charge in [-0.3, -0.25) is 15.0 Å². The van der Waals surface area contributed by atoms with Gasteiger partial charge in [0.05, 0.1) is 30.5 Å². The fraction of sp³-hybridized carbons (Fsp3) is 0.800. The fourth-order valence-electron chi connectivity index (χ4n) is 8.86. The molecule has 6 heterocycles. The van der Waals surface area contributed by atoms with E-state index >= 15 is 4.39 Å². The lowest BCUT2D eigenvalue weighted by Crippen LogP contribution is -2.80. The van der Waals surface area contributed by atoms with Gasteiger partial charge in [-0.2, -0.15) is 5.53 Å². The Hall–Kier alpha value is -2.09. The van der Waals surface area contributed by atoms with Gasteiger partial charge in [0.1, 0.15) is 6.17 Å². The number of piperidine rings is 2. The third kappa shape index (κ3) is 5.28. The van der Waals surface area contributed by atoms with E-state index < -0.39 is 12.2 Å². The Balaban J connectivity index is 1.37. The summed E-state index contributed by atoms with van der Waals surface area (Å²) < 4.78 is 16.4. The van der Waals surface area contributed by atoms with Crippen molar-refractivity contribution in [2.24, 2.45) is 17.8 Å². The van der Waals surface area contributed by atoms with E-state index in [-0.39, 0.29) is 60.4 Å². The van der Waals surface area contributed by atoms with Crippen LogP contribution in [0.25, 0.3) is 0 Å². The lowest BCUT2D eigenvalue weighted by Gasteiger charge is -2.60. The quantitative estimate of drug-likeness (QED) is 0.243. The highest BCUT2D eigenvalue weighted by atomic mass is 19.1. The maximum Gasteiger partial charge on any atom is 0.320 e. The summed E-state index contributed by atoms with van der Waals surface area (Å²) in [4.78, 5) is 33.2. The molecule has 11 unspecified atom stereocenters. The molecule has 0 aromatic heterocycles. The van der Waals surface area contributed by atoms with Crippen molar-refractivity contribution >= 4 is 11.9 Å². The lowest BCUT2D eigenvalue weighted by atomic mass is 9.76. The molecule has 11 nitrogen and oxygen atoms in total. The van der Waals surface area contributed by atoms with Crippen LogP contribution in [0.3, 0.4) is 0 Å². The average Bonchev–Trinajstić information content (AvgIpc) is 3.41. The molecule has 11 atom stereocenters. The highest BCUT2D eigenvalue weighted by Crippen LogP contribution is 2.40. The zero-order valence-corrected chi connectivity index (χ0v) is 25.5. The van der Waals surface area contributed by atoms with Gasteiger partial charge in [0.25, 0.3) is 0 Å². The first-order chi connectivity index (χ1) is 20.2. The summed E-state index contributed by atoms with van der Waals surface area (Å²) in [6, 6.07) is -0.580. The van der Waals surface area contributed by atoms with Crippen molar-refractivity contribution in [3.05, 3.63) is 24.8 Å². The van der Waals surface area contributed by atoms with Gasteiger partial charge in [0.15, 0.2) is 0 Å². The molecule has 0 radical (unpaired) electrons. The molecular weight excluding hydrogens is 537 g/mol. The number of hydrogen-bond donors (Lipinski definition) is 5. The number of hydrogen-bond acceptors (Lipinski definition) is 8. The second kappa shape index (κ2) is 12.1. The zero-order chi connectivity index (χ0) is 29.7. The van der Waals surface area contributed by atoms with Crippen LogP contribution in [-0.4, -0.2) is 119 Å². The molecular formula is C30H50FN9O2. The topological polar surface area (TPSA) is 107 Å². The first-order valence-electron chi connectivity index (χ1n) is 16.0. The number of amides is 3. The number of halogens is 1. The first-order valence-corrected chi connectivity index (χ1v) is 16.0. The van der Waals surface area contributed by atoms with Crippen molar-refractivity contribution in [1.29, 1.82) is 0 Å². The fourth-order valence-corrected chi connectivity index (χ4v) is 8.86. The molecule has 6 aliphatic rings. The number of alkyl halides is 1. The zero-order valence-electron chi connectivity index (χ0n) is 25.5. The number of fused-ring (bicyclic) bond motifs is 5. The van der Waals surface area contributed by atoms with E-state index in [0.29, 0.717) is 44.4 Å². The molecule has 234 valence electrons. The Morgan fingerprint density at radius 1 is 1.17 bits per heavy atom. The molecule has 0 aromatic carbocycles. The van der Waals surface area contributed by atoms with Crippen molar-refractivity contribution < 1.29 is 14.0 Å². The minimum atomic E-state index is -1.08. The van der Waals surface area contributed by atoms with Gasteiger partial charge in [-0.1, -0.05) is 32.6 Å². The first kappa shape index (κ1) is 30.0. The van der Waals surface area contributed by atoms with Gasteiger partial charge < -0.3 is 20.4 Å². The number of carbonyl (C=O) groups is 2. The van der Waals surface area contributed by atoms with E-state index in [1.54, 1.807) is 0 Å². The van der Waals surface area contributed by atoms with Gasteiger partial charge >= 0.3 is 6.03 Å². The average molecular weight is 588 g/mol. The smallest absolute Gasteiger partial charge is 0.320 e. The van der Waals surface area contributed by atoms with E-state index in [9.17, 15) is 9.59 Å². The van der Waals surface area contributed by atoms with E-state index in [4.69, 9.17) is 0 Å². The molecule has 0 spiro atoms. The Kier molecular flexibility index (Phi) is 8.65. The van der Waals surface area contributed by atoms with Gasteiger partial charge in [0, 0.05) is 50.2 Å². The van der Waals surface area contributed by atoms with Crippen LogP contribution in [0.1, 0.15) is 47.0 Å². The van der Waals surface area contributed by atoms with Crippen LogP contribution in [0.5, 0.6) is 0 Å². The van der Waals surface area contributed by atoms with E-state index in [1.165, 1.54) is 6.08 Å². The summed E-state index contributed by atoms with van der Waals surface area (Å²) in [6.07, 6.45) is 6.34. The molecule has 0 saturated carbocycles. The highest BCUT2D eigenvalue weighted by molar-refractivity contribution is 5.87. The Morgan fingerprint density at radius 3 is 2.64 bits per heavy atom. The summed E-state index contributed by atoms with van der Waals surface area (Å²) in [5.41, 5.74) is 6.46. The van der Waals surface area contributed by atoms with Crippen molar-refractivity contribution in [1.82, 2.24) is 46.6 Å². The van der Waals surface area contributed by atoms with Crippen LogP contribution in [0.2, 0.25) is 0 Å². The third-order valence-electron chi connectivity index (χ3n) is 10.7. The number of piperazine rings is 1. The van der Waals surface area contributed by atoms with Gasteiger partial charge in [0.2, 0.25) is 5.91 Å². The minimum Gasteiger partial charge on any atom is -0.331 e. The van der Waals surface area contributed by atoms with Crippen molar-refractivity contribution in [2.75, 3.05) is 32.7 Å². The summed E-state index contributed by atoms with van der Waals surface area (Å²) in [5.74, 6) is 0.406. The lowest BCUT2D eigenvalue weighted by molar-refractivity contribution is -0.137. The predicted molar refractivity (Wildman–Crippen MR) is 159 cm³/mol. The van der Waals surface area contributed by atoms with Gasteiger partial charge in [-0.05, 0) is 57.6 Å². The van der Waals surface area contributed by atoms with Crippen LogP contribution in [0.4, 0.5) is 9.18 Å². The molecule has 6 rings (SSSR count). The molecule has 5 N–H and O–H groups in total. The number of nitrogens with zero attached hydrogens (tertiary/aromatic N) is 4. The van der Waals surface area contributed by atoms with Crippen molar-refractivity contribution in [3.63, 3.8) is 0 Å². The largest absolute Gasteiger partial charge is 0.331 e. The standard InChI is InChI=1S/C30H50FN9O2/c1-6-24(41)39-18(4)15-37(16-19(39)5)28-21-13-22(31)26-23-14-33-36-38(23)12-8-7-9-20-10-11-32-25(17(2)3)27(20)40(29(21)34-26)30(42)35-28/h6-8,17-23,25-29,32-34,36H,1,9-16H2,2-5H3,(H,35,42)/b8-7-. The molecule has 5 fully saturated rings. The maximum atomic E-state index is 16.4. The van der Waals surface area contributed by atoms with Crippen LogP contribution < -0.4 is 26.9 Å². The van der Waals surface area contributed by atoms with Crippen LogP contribution in [-0.2, 0) is 4.79 Å². The number of urea groups is 1. The second-order valence-corrected chi connectivity index (χ2v) is 13.6. The van der Waals surface area contributed by atoms with Crippen molar-refractivity contribution in [2.45, 2.75) is 102 Å².